The Morgan fingerprint density at radius 3 is 2.63 bits per heavy atom. The number of carbonyl (C=O) groups excluding carboxylic acids is 1. The molecule has 1 unspecified atom stereocenters. The molecule has 2 aromatic carbocycles. The van der Waals surface area contributed by atoms with Gasteiger partial charge in [-0.2, -0.15) is 0 Å². The summed E-state index contributed by atoms with van der Waals surface area (Å²) < 4.78 is 0. The summed E-state index contributed by atoms with van der Waals surface area (Å²) >= 11 is 1.62. The average Bonchev–Trinajstić information content (AvgIpc) is 3.11. The molecule has 0 radical (unpaired) electrons. The zero-order valence-electron chi connectivity index (χ0n) is 17.1. The molecule has 2 heterocycles. The maximum Gasteiger partial charge on any atom is 0.254 e. The van der Waals surface area contributed by atoms with Gasteiger partial charge >= 0.3 is 0 Å². The average molecular weight is 467 g/mol. The van der Waals surface area contributed by atoms with E-state index in [-0.39, 0.29) is 42.2 Å². The molecule has 0 bridgehead atoms. The lowest BCUT2D eigenvalue weighted by Gasteiger charge is -2.42. The van der Waals surface area contributed by atoms with Gasteiger partial charge in [0.25, 0.3) is 5.91 Å². The normalized spacial score (nSPS) is 17.8. The van der Waals surface area contributed by atoms with Crippen molar-refractivity contribution in [3.63, 3.8) is 0 Å². The van der Waals surface area contributed by atoms with Crippen LogP contribution in [-0.4, -0.2) is 39.9 Å². The van der Waals surface area contributed by atoms with Crippen LogP contribution < -0.4 is 5.73 Å². The number of thioether (sulfide) groups is 1. The third-order valence-electron chi connectivity index (χ3n) is 5.58. The van der Waals surface area contributed by atoms with Gasteiger partial charge < -0.3 is 15.6 Å². The van der Waals surface area contributed by atoms with Crippen molar-refractivity contribution in [1.82, 2.24) is 14.9 Å². The molecule has 162 valence electrons. The zero-order chi connectivity index (χ0) is 19.7. The zero-order valence-corrected chi connectivity index (χ0v) is 19.6. The molecule has 1 aliphatic rings. The quantitative estimate of drug-likeness (QED) is 0.536. The Kier molecular flexibility index (Phi) is 8.22. The molecule has 30 heavy (non-hydrogen) atoms. The summed E-state index contributed by atoms with van der Waals surface area (Å²) in [4.78, 5) is 23.1. The molecule has 1 saturated heterocycles. The van der Waals surface area contributed by atoms with Crippen LogP contribution in [0.4, 0.5) is 0 Å². The van der Waals surface area contributed by atoms with Gasteiger partial charge in [-0.05, 0) is 35.6 Å². The first kappa shape index (κ1) is 24.5. The second-order valence-corrected chi connectivity index (χ2v) is 9.08. The van der Waals surface area contributed by atoms with E-state index in [0.29, 0.717) is 18.8 Å². The van der Waals surface area contributed by atoms with E-state index in [2.05, 4.69) is 23.8 Å². The van der Waals surface area contributed by atoms with E-state index < -0.39 is 0 Å². The summed E-state index contributed by atoms with van der Waals surface area (Å²) in [5.74, 6) is 0.791. The highest BCUT2D eigenvalue weighted by Gasteiger charge is 2.35. The second-order valence-electron chi connectivity index (χ2n) is 8.12. The Morgan fingerprint density at radius 2 is 1.90 bits per heavy atom. The van der Waals surface area contributed by atoms with Crippen LogP contribution in [-0.2, 0) is 5.75 Å². The van der Waals surface area contributed by atoms with Crippen molar-refractivity contribution in [1.29, 1.82) is 0 Å². The number of likely N-dealkylation sites (tertiary alicyclic amines) is 1. The number of nitrogens with one attached hydrogen (secondary N) is 1. The highest BCUT2D eigenvalue weighted by Crippen LogP contribution is 2.30. The summed E-state index contributed by atoms with van der Waals surface area (Å²) in [6.07, 6.45) is 0.842. The number of halogens is 2. The van der Waals surface area contributed by atoms with E-state index >= 15 is 0 Å². The largest absolute Gasteiger partial charge is 0.338 e. The van der Waals surface area contributed by atoms with Crippen LogP contribution in [0.1, 0.15) is 36.2 Å². The standard InChI is InChI=1S/C22H26N4OS.2ClH/c1-22(2)14-26(12-11-19(22)23)20(27)16-8-4-3-7-15(16)13-28-21-24-17-9-5-6-10-18(17)25-21;;/h3-10,19H,11-14,23H2,1-2H3,(H,24,25);2*1H. The van der Waals surface area contributed by atoms with E-state index in [4.69, 9.17) is 5.73 Å². The van der Waals surface area contributed by atoms with Crippen LogP contribution in [0.25, 0.3) is 11.0 Å². The third-order valence-corrected chi connectivity index (χ3v) is 6.50. The molecule has 3 N–H and O–H groups in total. The number of nitrogens with zero attached hydrogens (tertiary/aromatic N) is 2. The lowest BCUT2D eigenvalue weighted by molar-refractivity contribution is 0.0532. The molecule has 1 atom stereocenters. The highest BCUT2D eigenvalue weighted by molar-refractivity contribution is 7.98. The Labute approximate surface area is 194 Å². The molecule has 0 saturated carbocycles. The first-order valence-electron chi connectivity index (χ1n) is 9.64. The van der Waals surface area contributed by atoms with Crippen molar-refractivity contribution in [2.45, 2.75) is 37.2 Å². The first-order chi connectivity index (χ1) is 13.4. The van der Waals surface area contributed by atoms with Crippen LogP contribution in [0.15, 0.2) is 53.7 Å². The number of aromatic nitrogens is 2. The van der Waals surface area contributed by atoms with Gasteiger partial charge in [-0.3, -0.25) is 4.79 Å². The number of H-pyrrole nitrogens is 1. The maximum atomic E-state index is 13.2. The van der Waals surface area contributed by atoms with E-state index in [1.165, 1.54) is 0 Å². The van der Waals surface area contributed by atoms with E-state index in [0.717, 1.165) is 33.7 Å². The third kappa shape index (κ3) is 5.11. The fourth-order valence-electron chi connectivity index (χ4n) is 3.72. The SMILES string of the molecule is CC1(C)CN(C(=O)c2ccccc2CSc2nc3ccccc3[nH]2)CCC1N.Cl.Cl. The summed E-state index contributed by atoms with van der Waals surface area (Å²) in [5.41, 5.74) is 9.97. The summed E-state index contributed by atoms with van der Waals surface area (Å²) in [5, 5.41) is 0.869. The van der Waals surface area contributed by atoms with E-state index in [9.17, 15) is 4.79 Å². The fourth-order valence-corrected chi connectivity index (χ4v) is 4.61. The number of carbonyl (C=O) groups is 1. The maximum absolute atomic E-state index is 13.2. The van der Waals surface area contributed by atoms with Crippen molar-refractivity contribution >= 4 is 53.5 Å². The Bertz CT molecular complexity index is 974. The molecule has 1 aromatic heterocycles. The Balaban J connectivity index is 0.00000160. The van der Waals surface area contributed by atoms with Gasteiger partial charge in [0.2, 0.25) is 0 Å². The number of rotatable bonds is 4. The molecule has 8 heteroatoms. The highest BCUT2D eigenvalue weighted by atomic mass is 35.5. The Hall–Kier alpha value is -1.73. The minimum Gasteiger partial charge on any atom is -0.338 e. The molecule has 1 aliphatic heterocycles. The van der Waals surface area contributed by atoms with Gasteiger partial charge in [-0.25, -0.2) is 4.98 Å². The predicted molar refractivity (Wildman–Crippen MR) is 129 cm³/mol. The first-order valence-corrected chi connectivity index (χ1v) is 10.6. The second kappa shape index (κ2) is 10.1. The number of fused-ring (bicyclic) bond motifs is 1. The van der Waals surface area contributed by atoms with Crippen LogP contribution in [0.2, 0.25) is 0 Å². The van der Waals surface area contributed by atoms with Gasteiger partial charge in [-0.1, -0.05) is 55.9 Å². The molecule has 5 nitrogen and oxygen atoms in total. The van der Waals surface area contributed by atoms with Crippen LogP contribution in [0.3, 0.4) is 0 Å². The minimum absolute atomic E-state index is 0. The number of amides is 1. The molecule has 3 aromatic rings. The number of hydrogen-bond acceptors (Lipinski definition) is 4. The number of aromatic amines is 1. The van der Waals surface area contributed by atoms with Crippen LogP contribution in [0, 0.1) is 5.41 Å². The number of nitrogens with two attached hydrogens (primary N) is 1. The van der Waals surface area contributed by atoms with Gasteiger partial charge in [0.15, 0.2) is 5.16 Å². The molecule has 0 aliphatic carbocycles. The number of piperidine rings is 1. The fraction of sp³-hybridized carbons (Fsp3) is 0.364. The van der Waals surface area contributed by atoms with Crippen LogP contribution >= 0.6 is 36.6 Å². The molecule has 0 spiro atoms. The van der Waals surface area contributed by atoms with Gasteiger partial charge in [0.1, 0.15) is 0 Å². The molecular weight excluding hydrogens is 439 g/mol. The van der Waals surface area contributed by atoms with Gasteiger partial charge in [0.05, 0.1) is 11.0 Å². The van der Waals surface area contributed by atoms with E-state index in [1.807, 2.05) is 53.4 Å². The minimum atomic E-state index is -0.0636. The Morgan fingerprint density at radius 1 is 1.20 bits per heavy atom. The van der Waals surface area contributed by atoms with Gasteiger partial charge in [-0.15, -0.1) is 24.8 Å². The number of imidazole rings is 1. The number of hydrogen-bond donors (Lipinski definition) is 2. The number of para-hydroxylation sites is 2. The van der Waals surface area contributed by atoms with Gasteiger partial charge in [0, 0.05) is 30.4 Å². The smallest absolute Gasteiger partial charge is 0.254 e. The lowest BCUT2D eigenvalue weighted by Crippen LogP contribution is -2.54. The van der Waals surface area contributed by atoms with Crippen molar-refractivity contribution < 1.29 is 4.79 Å². The summed E-state index contributed by atoms with van der Waals surface area (Å²) in [6, 6.07) is 16.0. The van der Waals surface area contributed by atoms with Crippen molar-refractivity contribution in [3.8, 4) is 0 Å². The monoisotopic (exact) mass is 466 g/mol. The summed E-state index contributed by atoms with van der Waals surface area (Å²) in [7, 11) is 0. The van der Waals surface area contributed by atoms with E-state index in [1.54, 1.807) is 11.8 Å². The molecular formula is C22H28Cl2N4OS. The molecule has 4 rings (SSSR count). The lowest BCUT2D eigenvalue weighted by atomic mass is 9.79. The van der Waals surface area contributed by atoms with Crippen molar-refractivity contribution in [2.75, 3.05) is 13.1 Å². The number of benzene rings is 2. The predicted octanol–water partition coefficient (Wildman–Crippen LogP) is 4.90. The molecule has 1 fully saturated rings. The molecule has 1 amide bonds. The topological polar surface area (TPSA) is 75.0 Å². The van der Waals surface area contributed by atoms with Crippen LogP contribution in [0.5, 0.6) is 0 Å². The van der Waals surface area contributed by atoms with Crippen molar-refractivity contribution in [3.05, 3.63) is 59.7 Å². The summed E-state index contributed by atoms with van der Waals surface area (Å²) in [6.45, 7) is 5.69. The van der Waals surface area contributed by atoms with Crippen molar-refractivity contribution in [2.24, 2.45) is 11.1 Å².